The van der Waals surface area contributed by atoms with Gasteiger partial charge in [-0.25, -0.2) is 9.97 Å². The molecule has 8 rings (SSSR count). The van der Waals surface area contributed by atoms with E-state index < -0.39 is 8.07 Å². The van der Waals surface area contributed by atoms with Crippen molar-refractivity contribution in [2.24, 2.45) is 0 Å². The first kappa shape index (κ1) is 32.3. The average Bonchev–Trinajstić information content (AvgIpc) is 3.94. The van der Waals surface area contributed by atoms with Gasteiger partial charge in [0, 0.05) is 38.8 Å². The number of aromatic nitrogens is 4. The molecule has 5 heteroatoms. The van der Waals surface area contributed by atoms with E-state index in [2.05, 4.69) is 183 Å². The molecule has 0 radical (unpaired) electrons. The largest absolute Gasteiger partial charge is 0.354 e. The molecule has 4 nitrogen and oxygen atoms in total. The number of hydrogen-bond donors (Lipinski definition) is 2. The Balaban J connectivity index is 1.56. The van der Waals surface area contributed by atoms with Gasteiger partial charge in [-0.1, -0.05) is 115 Å². The van der Waals surface area contributed by atoms with Crippen LogP contribution in [0.1, 0.15) is 45.0 Å². The molecule has 2 aliphatic rings. The number of benzene rings is 3. The molecule has 5 heterocycles. The Labute approximate surface area is 300 Å². The fourth-order valence-corrected chi connectivity index (χ4v) is 7.16. The molecule has 2 aliphatic heterocycles. The zero-order valence-electron chi connectivity index (χ0n) is 29.9. The standard InChI is InChI=1S/C46H40N4Si/c1-29-7-13-32(14-8-29)44-38-21-19-36(47-38)35(27-28-51(4,5)6)37-20-22-39(48-37)45(33-15-9-30(2)10-16-33)41-24-26-43(50-41)46(42-25-23-40(44)49-42)34-17-11-31(3)12-18-34/h7-26,49-50H,1-6H3. The van der Waals surface area contributed by atoms with Crippen molar-refractivity contribution in [3.63, 3.8) is 0 Å². The van der Waals surface area contributed by atoms with Crippen molar-refractivity contribution in [2.75, 3.05) is 0 Å². The van der Waals surface area contributed by atoms with Gasteiger partial charge in [0.2, 0.25) is 0 Å². The molecule has 3 aromatic carbocycles. The van der Waals surface area contributed by atoms with E-state index in [0.29, 0.717) is 0 Å². The van der Waals surface area contributed by atoms with Crippen molar-refractivity contribution in [1.29, 1.82) is 0 Å². The summed E-state index contributed by atoms with van der Waals surface area (Å²) >= 11 is 0. The van der Waals surface area contributed by atoms with Crippen molar-refractivity contribution in [1.82, 2.24) is 19.9 Å². The molecule has 3 aromatic heterocycles. The van der Waals surface area contributed by atoms with E-state index in [4.69, 9.17) is 9.97 Å². The van der Waals surface area contributed by atoms with E-state index in [0.717, 1.165) is 83.8 Å². The molecule has 0 fully saturated rings. The van der Waals surface area contributed by atoms with Crippen molar-refractivity contribution in [3.8, 4) is 44.8 Å². The summed E-state index contributed by atoms with van der Waals surface area (Å²) in [5, 5.41) is 0. The summed E-state index contributed by atoms with van der Waals surface area (Å²) in [5.74, 6) is 3.57. The van der Waals surface area contributed by atoms with Crippen molar-refractivity contribution >= 4 is 54.4 Å². The second-order valence-corrected chi connectivity index (χ2v) is 19.4. The van der Waals surface area contributed by atoms with Gasteiger partial charge in [-0.15, -0.1) is 5.54 Å². The summed E-state index contributed by atoms with van der Waals surface area (Å²) in [6.07, 6.45) is 8.43. The maximum atomic E-state index is 5.31. The number of nitrogens with one attached hydrogen (secondary N) is 2. The Morgan fingerprint density at radius 1 is 0.431 bits per heavy atom. The quantitative estimate of drug-likeness (QED) is 0.145. The number of rotatable bonds is 3. The lowest BCUT2D eigenvalue weighted by Gasteiger charge is -2.07. The molecule has 51 heavy (non-hydrogen) atoms. The van der Waals surface area contributed by atoms with Crippen LogP contribution in [-0.2, 0) is 0 Å². The Bertz CT molecular complexity index is 2470. The number of nitrogens with zero attached hydrogens (tertiary/aromatic N) is 2. The summed E-state index contributed by atoms with van der Waals surface area (Å²) in [6, 6.07) is 34.9. The van der Waals surface area contributed by atoms with Gasteiger partial charge in [0.25, 0.3) is 0 Å². The van der Waals surface area contributed by atoms with Crippen LogP contribution >= 0.6 is 0 Å². The Morgan fingerprint density at radius 3 is 1.14 bits per heavy atom. The number of hydrogen-bond acceptors (Lipinski definition) is 2. The van der Waals surface area contributed by atoms with Crippen LogP contribution < -0.4 is 0 Å². The van der Waals surface area contributed by atoms with Crippen LogP contribution in [0.3, 0.4) is 0 Å². The van der Waals surface area contributed by atoms with Crippen LogP contribution in [0.25, 0.3) is 79.8 Å². The highest BCUT2D eigenvalue weighted by Gasteiger charge is 2.18. The average molecular weight is 677 g/mol. The number of H-pyrrole nitrogens is 2. The summed E-state index contributed by atoms with van der Waals surface area (Å²) < 4.78 is 0. The highest BCUT2D eigenvalue weighted by molar-refractivity contribution is 6.83. The molecular weight excluding hydrogens is 637 g/mol. The lowest BCUT2D eigenvalue weighted by molar-refractivity contribution is 1.26. The number of aryl methyl sites for hydroxylation is 3. The lowest BCUT2D eigenvalue weighted by atomic mass is 10.0. The Hall–Kier alpha value is -5.96. The molecule has 0 atom stereocenters. The van der Waals surface area contributed by atoms with Gasteiger partial charge in [-0.3, -0.25) is 0 Å². The topological polar surface area (TPSA) is 57.4 Å². The number of fused-ring (bicyclic) bond motifs is 8. The van der Waals surface area contributed by atoms with E-state index in [-0.39, 0.29) is 0 Å². The fraction of sp³-hybridized carbons (Fsp3) is 0.130. The normalized spacial score (nSPS) is 12.2. The van der Waals surface area contributed by atoms with Crippen molar-refractivity contribution in [3.05, 3.63) is 142 Å². The molecular formula is C46H40N4Si. The first-order valence-electron chi connectivity index (χ1n) is 17.5. The molecule has 0 spiro atoms. The van der Waals surface area contributed by atoms with Gasteiger partial charge in [0.05, 0.1) is 28.3 Å². The summed E-state index contributed by atoms with van der Waals surface area (Å²) in [7, 11) is -1.72. The fourth-order valence-electron chi connectivity index (χ4n) is 6.66. The molecule has 248 valence electrons. The predicted octanol–water partition coefficient (Wildman–Crippen LogP) is 11.8. The Kier molecular flexibility index (Phi) is 8.05. The number of aromatic amines is 2. The molecule has 0 amide bonds. The summed E-state index contributed by atoms with van der Waals surface area (Å²) in [6.45, 7) is 13.2. The van der Waals surface area contributed by atoms with E-state index in [1.54, 1.807) is 0 Å². The SMILES string of the molecule is Cc1ccc(-c2c3nc(c(C#C[Si](C)(C)C)c4nc(c(-c5ccc(C)cc5)c5ccc([nH]5)c(-c5ccc(C)cc5)c5ccc2[nH]5)C=C4)C=C3)cc1. The lowest BCUT2D eigenvalue weighted by Crippen LogP contribution is -2.16. The summed E-state index contributed by atoms with van der Waals surface area (Å²) in [4.78, 5) is 18.3. The second kappa shape index (κ2) is 12.7. The Morgan fingerprint density at radius 2 is 0.765 bits per heavy atom. The monoisotopic (exact) mass is 676 g/mol. The highest BCUT2D eigenvalue weighted by Crippen LogP contribution is 2.36. The van der Waals surface area contributed by atoms with E-state index in [1.807, 2.05) is 0 Å². The van der Waals surface area contributed by atoms with Gasteiger partial charge in [-0.2, -0.15) is 0 Å². The van der Waals surface area contributed by atoms with E-state index in [1.165, 1.54) is 16.7 Å². The molecule has 8 bridgehead atoms. The van der Waals surface area contributed by atoms with Crippen LogP contribution in [0.4, 0.5) is 0 Å². The third-order valence-corrected chi connectivity index (χ3v) is 10.2. The van der Waals surface area contributed by atoms with Gasteiger partial charge < -0.3 is 9.97 Å². The second-order valence-electron chi connectivity index (χ2n) is 14.6. The molecule has 2 N–H and O–H groups in total. The minimum absolute atomic E-state index is 0.829. The minimum Gasteiger partial charge on any atom is -0.354 e. The van der Waals surface area contributed by atoms with Crippen LogP contribution in [0, 0.1) is 32.2 Å². The zero-order valence-corrected chi connectivity index (χ0v) is 30.9. The molecule has 0 saturated heterocycles. The van der Waals surface area contributed by atoms with Crippen LogP contribution in [0.2, 0.25) is 19.6 Å². The van der Waals surface area contributed by atoms with Crippen molar-refractivity contribution in [2.45, 2.75) is 40.4 Å². The smallest absolute Gasteiger partial charge is 0.129 e. The zero-order chi connectivity index (χ0) is 35.3. The third kappa shape index (κ3) is 6.43. The predicted molar refractivity (Wildman–Crippen MR) is 220 cm³/mol. The molecule has 0 saturated carbocycles. The van der Waals surface area contributed by atoms with Gasteiger partial charge in [0.1, 0.15) is 8.07 Å². The third-order valence-electron chi connectivity index (χ3n) is 9.34. The maximum absolute atomic E-state index is 5.31. The molecule has 6 aromatic rings. The van der Waals surface area contributed by atoms with Crippen molar-refractivity contribution < 1.29 is 0 Å². The minimum atomic E-state index is -1.72. The first-order valence-corrected chi connectivity index (χ1v) is 21.0. The van der Waals surface area contributed by atoms with Crippen LogP contribution in [-0.4, -0.2) is 28.0 Å². The van der Waals surface area contributed by atoms with Gasteiger partial charge in [0.15, 0.2) is 0 Å². The van der Waals surface area contributed by atoms with Crippen LogP contribution in [0.5, 0.6) is 0 Å². The molecule has 0 aliphatic carbocycles. The van der Waals surface area contributed by atoms with Gasteiger partial charge >= 0.3 is 0 Å². The summed E-state index contributed by atoms with van der Waals surface area (Å²) in [5.41, 5.74) is 22.1. The van der Waals surface area contributed by atoms with Crippen LogP contribution in [0.15, 0.2) is 97.1 Å². The highest BCUT2D eigenvalue weighted by atomic mass is 28.3. The van der Waals surface area contributed by atoms with Gasteiger partial charge in [-0.05, 0) is 86.0 Å². The molecule has 0 unspecified atom stereocenters. The van der Waals surface area contributed by atoms with E-state index >= 15 is 0 Å². The maximum Gasteiger partial charge on any atom is 0.129 e. The first-order chi connectivity index (χ1) is 24.6. The van der Waals surface area contributed by atoms with E-state index in [9.17, 15) is 0 Å².